The van der Waals surface area contributed by atoms with Crippen LogP contribution in [-0.2, 0) is 9.59 Å². The van der Waals surface area contributed by atoms with Crippen molar-refractivity contribution in [1.29, 1.82) is 0 Å². The van der Waals surface area contributed by atoms with Gasteiger partial charge in [-0.05, 0) is 49.9 Å². The highest BCUT2D eigenvalue weighted by Gasteiger charge is 2.28. The molecule has 0 radical (unpaired) electrons. The molecule has 1 saturated heterocycles. The molecule has 0 bridgehead atoms. The first kappa shape index (κ1) is 20.1. The number of carbonyl (C=O) groups excluding carboxylic acids is 2. The van der Waals surface area contributed by atoms with Crippen LogP contribution in [0.3, 0.4) is 0 Å². The van der Waals surface area contributed by atoms with Gasteiger partial charge in [-0.3, -0.25) is 14.5 Å². The van der Waals surface area contributed by atoms with Gasteiger partial charge in [-0.25, -0.2) is 0 Å². The molecule has 28 heavy (non-hydrogen) atoms. The maximum absolute atomic E-state index is 12.7. The van der Waals surface area contributed by atoms with Crippen molar-refractivity contribution >= 4 is 17.5 Å². The Labute approximate surface area is 167 Å². The lowest BCUT2D eigenvalue weighted by Gasteiger charge is -2.26. The molecule has 1 aliphatic rings. The Bertz CT molecular complexity index is 815. The third-order valence-corrected chi connectivity index (χ3v) is 5.44. The zero-order valence-corrected chi connectivity index (χ0v) is 16.9. The van der Waals surface area contributed by atoms with Crippen molar-refractivity contribution < 1.29 is 9.59 Å². The van der Waals surface area contributed by atoms with E-state index in [4.69, 9.17) is 0 Å². The first-order valence-electron chi connectivity index (χ1n) is 9.84. The minimum atomic E-state index is -0.172. The number of likely N-dealkylation sites (N-methyl/N-ethyl adjacent to an activating group) is 1. The van der Waals surface area contributed by atoms with Gasteiger partial charge in [0, 0.05) is 18.8 Å². The normalized spacial score (nSPS) is 16.8. The van der Waals surface area contributed by atoms with Crippen LogP contribution in [0.15, 0.2) is 48.5 Å². The van der Waals surface area contributed by atoms with E-state index in [-0.39, 0.29) is 24.4 Å². The summed E-state index contributed by atoms with van der Waals surface area (Å²) in [5, 5.41) is 2.95. The topological polar surface area (TPSA) is 52.7 Å². The van der Waals surface area contributed by atoms with E-state index >= 15 is 0 Å². The van der Waals surface area contributed by atoms with Crippen LogP contribution in [0.2, 0.25) is 0 Å². The van der Waals surface area contributed by atoms with E-state index in [2.05, 4.69) is 22.3 Å². The number of rotatable bonds is 6. The predicted octanol–water partition coefficient (Wildman–Crippen LogP) is 3.54. The van der Waals surface area contributed by atoms with Crippen LogP contribution in [-0.4, -0.2) is 48.3 Å². The summed E-state index contributed by atoms with van der Waals surface area (Å²) < 4.78 is 0. The number of likely N-dealkylation sites (tertiary alicyclic amines) is 1. The van der Waals surface area contributed by atoms with E-state index in [1.807, 2.05) is 50.2 Å². The second-order valence-electron chi connectivity index (χ2n) is 7.60. The van der Waals surface area contributed by atoms with Crippen molar-refractivity contribution in [2.45, 2.75) is 32.7 Å². The maximum Gasteiger partial charge on any atom is 0.243 e. The SMILES string of the molecule is Cc1cccc(C)c1NC(=O)CN(C)C(=O)CN1CCC[C@H]1c1ccccc1. The molecule has 0 aliphatic carbocycles. The number of aryl methyl sites for hydroxylation is 2. The van der Waals surface area contributed by atoms with Crippen LogP contribution in [0.1, 0.15) is 35.6 Å². The highest BCUT2D eigenvalue weighted by atomic mass is 16.2. The van der Waals surface area contributed by atoms with Crippen molar-refractivity contribution in [3.63, 3.8) is 0 Å². The monoisotopic (exact) mass is 379 g/mol. The molecule has 1 aliphatic heterocycles. The molecule has 5 nitrogen and oxygen atoms in total. The number of anilines is 1. The summed E-state index contributed by atoms with van der Waals surface area (Å²) in [4.78, 5) is 28.9. The number of benzene rings is 2. The summed E-state index contributed by atoms with van der Waals surface area (Å²) in [6.45, 7) is 5.24. The molecule has 0 saturated carbocycles. The largest absolute Gasteiger partial charge is 0.335 e. The maximum atomic E-state index is 12.7. The van der Waals surface area contributed by atoms with Gasteiger partial charge in [0.1, 0.15) is 0 Å². The molecule has 1 N–H and O–H groups in total. The fourth-order valence-electron chi connectivity index (χ4n) is 3.86. The average molecular weight is 380 g/mol. The van der Waals surface area contributed by atoms with Crippen LogP contribution in [0.25, 0.3) is 0 Å². The molecule has 0 unspecified atom stereocenters. The lowest BCUT2D eigenvalue weighted by Crippen LogP contribution is -2.41. The molecule has 1 heterocycles. The summed E-state index contributed by atoms with van der Waals surface area (Å²) in [7, 11) is 1.69. The zero-order valence-electron chi connectivity index (χ0n) is 16.9. The summed E-state index contributed by atoms with van der Waals surface area (Å²) >= 11 is 0. The first-order valence-corrected chi connectivity index (χ1v) is 9.84. The van der Waals surface area contributed by atoms with Crippen LogP contribution in [0.4, 0.5) is 5.69 Å². The lowest BCUT2D eigenvalue weighted by atomic mass is 10.0. The molecular formula is C23H29N3O2. The van der Waals surface area contributed by atoms with Gasteiger partial charge in [0.15, 0.2) is 0 Å². The van der Waals surface area contributed by atoms with E-state index in [1.54, 1.807) is 7.05 Å². The van der Waals surface area contributed by atoms with Gasteiger partial charge in [0.2, 0.25) is 11.8 Å². The molecule has 2 amide bonds. The zero-order chi connectivity index (χ0) is 20.1. The number of hydrogen-bond donors (Lipinski definition) is 1. The molecule has 3 rings (SSSR count). The quantitative estimate of drug-likeness (QED) is 0.835. The minimum absolute atomic E-state index is 0.0283. The van der Waals surface area contributed by atoms with E-state index in [0.29, 0.717) is 6.54 Å². The van der Waals surface area contributed by atoms with Crippen LogP contribution < -0.4 is 5.32 Å². The fourth-order valence-corrected chi connectivity index (χ4v) is 3.86. The first-order chi connectivity index (χ1) is 13.5. The average Bonchev–Trinajstić information content (AvgIpc) is 3.13. The third kappa shape index (κ3) is 4.78. The van der Waals surface area contributed by atoms with Crippen molar-refractivity contribution in [2.75, 3.05) is 32.0 Å². The summed E-state index contributed by atoms with van der Waals surface area (Å²) in [5.41, 5.74) is 4.12. The second kappa shape index (κ2) is 9.02. The second-order valence-corrected chi connectivity index (χ2v) is 7.60. The Morgan fingerprint density at radius 3 is 2.43 bits per heavy atom. The number of nitrogens with zero attached hydrogens (tertiary/aromatic N) is 2. The summed E-state index contributed by atoms with van der Waals surface area (Å²) in [6, 6.07) is 16.5. The molecule has 2 aromatic carbocycles. The Morgan fingerprint density at radius 1 is 1.07 bits per heavy atom. The highest BCUT2D eigenvalue weighted by molar-refractivity contribution is 5.95. The molecular weight excluding hydrogens is 350 g/mol. The molecule has 5 heteroatoms. The summed E-state index contributed by atoms with van der Waals surface area (Å²) in [5.74, 6) is -0.200. The highest BCUT2D eigenvalue weighted by Crippen LogP contribution is 2.31. The Hall–Kier alpha value is -2.66. The van der Waals surface area contributed by atoms with Gasteiger partial charge < -0.3 is 10.2 Å². The van der Waals surface area contributed by atoms with Crippen LogP contribution in [0, 0.1) is 13.8 Å². The smallest absolute Gasteiger partial charge is 0.243 e. The number of amides is 2. The van der Waals surface area contributed by atoms with Crippen LogP contribution in [0.5, 0.6) is 0 Å². The lowest BCUT2D eigenvalue weighted by molar-refractivity contribution is -0.134. The van der Waals surface area contributed by atoms with E-state index < -0.39 is 0 Å². The summed E-state index contributed by atoms with van der Waals surface area (Å²) in [6.07, 6.45) is 2.15. The van der Waals surface area contributed by atoms with Gasteiger partial charge >= 0.3 is 0 Å². The van der Waals surface area contributed by atoms with Gasteiger partial charge in [0.05, 0.1) is 13.1 Å². The minimum Gasteiger partial charge on any atom is -0.335 e. The number of hydrogen-bond acceptors (Lipinski definition) is 3. The Balaban J connectivity index is 1.56. The van der Waals surface area contributed by atoms with Crippen molar-refractivity contribution in [1.82, 2.24) is 9.80 Å². The van der Waals surface area contributed by atoms with E-state index in [9.17, 15) is 9.59 Å². The third-order valence-electron chi connectivity index (χ3n) is 5.44. The number of carbonyl (C=O) groups is 2. The van der Waals surface area contributed by atoms with Gasteiger partial charge in [0.25, 0.3) is 0 Å². The fraction of sp³-hybridized carbons (Fsp3) is 0.391. The van der Waals surface area contributed by atoms with E-state index in [1.165, 1.54) is 10.5 Å². The number of nitrogens with one attached hydrogen (secondary N) is 1. The molecule has 2 aromatic rings. The molecule has 0 aromatic heterocycles. The standard InChI is InChI=1S/C23H29N3O2/c1-17-9-7-10-18(2)23(17)24-21(27)15-25(3)22(28)16-26-14-8-13-20(26)19-11-5-4-6-12-19/h4-7,9-12,20H,8,13-16H2,1-3H3,(H,24,27)/t20-/m0/s1. The van der Waals surface area contributed by atoms with Crippen molar-refractivity contribution in [3.8, 4) is 0 Å². The predicted molar refractivity (Wildman–Crippen MR) is 112 cm³/mol. The molecule has 0 spiro atoms. The van der Waals surface area contributed by atoms with Crippen molar-refractivity contribution in [3.05, 3.63) is 65.2 Å². The molecule has 1 atom stereocenters. The van der Waals surface area contributed by atoms with Gasteiger partial charge in [-0.2, -0.15) is 0 Å². The molecule has 148 valence electrons. The van der Waals surface area contributed by atoms with Crippen LogP contribution >= 0.6 is 0 Å². The van der Waals surface area contributed by atoms with E-state index in [0.717, 1.165) is 36.2 Å². The number of para-hydroxylation sites is 1. The van der Waals surface area contributed by atoms with Gasteiger partial charge in [-0.15, -0.1) is 0 Å². The van der Waals surface area contributed by atoms with Gasteiger partial charge in [-0.1, -0.05) is 48.5 Å². The van der Waals surface area contributed by atoms with Crippen molar-refractivity contribution in [2.24, 2.45) is 0 Å². The Kier molecular flexibility index (Phi) is 6.47. The Morgan fingerprint density at radius 2 is 1.75 bits per heavy atom. The molecule has 1 fully saturated rings.